The minimum atomic E-state index is 0.646. The van der Waals surface area contributed by atoms with Gasteiger partial charge in [0, 0.05) is 22.4 Å². The van der Waals surface area contributed by atoms with Gasteiger partial charge in [0.15, 0.2) is 0 Å². The Labute approximate surface area is 90.9 Å². The van der Waals surface area contributed by atoms with E-state index in [4.69, 9.17) is 5.73 Å². The summed E-state index contributed by atoms with van der Waals surface area (Å²) < 4.78 is 1.18. The van der Waals surface area contributed by atoms with Crippen LogP contribution < -0.4 is 5.73 Å². The fraction of sp³-hybridized carbons (Fsp3) is 0.375. The van der Waals surface area contributed by atoms with Crippen molar-refractivity contribution in [3.8, 4) is 0 Å². The van der Waals surface area contributed by atoms with Crippen molar-refractivity contribution in [2.45, 2.75) is 0 Å². The van der Waals surface area contributed by atoms with Gasteiger partial charge in [0.1, 0.15) is 5.82 Å². The van der Waals surface area contributed by atoms with Crippen LogP contribution in [0.1, 0.15) is 0 Å². The van der Waals surface area contributed by atoms with E-state index < -0.39 is 0 Å². The minimum Gasteiger partial charge on any atom is -0.383 e. The SMILES string of the molecule is CN1C=C(I)C2=C(N)N=CN(C2)C1. The second kappa shape index (κ2) is 3.21. The lowest BCUT2D eigenvalue weighted by Gasteiger charge is -2.24. The Kier molecular flexibility index (Phi) is 2.19. The van der Waals surface area contributed by atoms with Gasteiger partial charge in [-0.05, 0) is 22.6 Å². The van der Waals surface area contributed by atoms with Gasteiger partial charge in [-0.1, -0.05) is 0 Å². The molecule has 5 heteroatoms. The summed E-state index contributed by atoms with van der Waals surface area (Å²) in [4.78, 5) is 8.40. The molecule has 0 amide bonds. The molecule has 2 rings (SSSR count). The summed E-state index contributed by atoms with van der Waals surface area (Å²) in [7, 11) is 2.05. The van der Waals surface area contributed by atoms with Crippen LogP contribution in [0.15, 0.2) is 26.2 Å². The molecule has 0 aromatic heterocycles. The van der Waals surface area contributed by atoms with Crippen molar-refractivity contribution in [1.82, 2.24) is 9.80 Å². The fourth-order valence-electron chi connectivity index (χ4n) is 1.43. The van der Waals surface area contributed by atoms with Crippen LogP contribution in [0.5, 0.6) is 0 Å². The van der Waals surface area contributed by atoms with E-state index in [0.717, 1.165) is 18.8 Å². The van der Waals surface area contributed by atoms with E-state index in [0.29, 0.717) is 5.82 Å². The molecule has 0 saturated heterocycles. The molecule has 0 unspecified atom stereocenters. The first-order valence-electron chi connectivity index (χ1n) is 4.01. The summed E-state index contributed by atoms with van der Waals surface area (Å²) in [6.07, 6.45) is 3.90. The Morgan fingerprint density at radius 1 is 1.62 bits per heavy atom. The van der Waals surface area contributed by atoms with Crippen molar-refractivity contribution < 1.29 is 0 Å². The maximum Gasteiger partial charge on any atom is 0.131 e. The Morgan fingerprint density at radius 2 is 2.38 bits per heavy atom. The van der Waals surface area contributed by atoms with Crippen LogP contribution in [0, 0.1) is 0 Å². The maximum atomic E-state index is 5.78. The highest BCUT2D eigenvalue weighted by Gasteiger charge is 2.19. The largest absolute Gasteiger partial charge is 0.383 e. The molecule has 2 bridgehead atoms. The standard InChI is InChI=1S/C8H11IN4/c1-12-3-7(9)6-2-13(5-12)4-11-8(6)10/h3-4H,2,5,10H2,1H3. The molecule has 0 saturated carbocycles. The normalized spacial score (nSPS) is 21.8. The number of fused-ring (bicyclic) bond motifs is 2. The Bertz CT molecular complexity index is 318. The van der Waals surface area contributed by atoms with Crippen LogP contribution in [-0.4, -0.2) is 36.4 Å². The van der Waals surface area contributed by atoms with Gasteiger partial charge in [-0.2, -0.15) is 0 Å². The fourth-order valence-corrected chi connectivity index (χ4v) is 2.35. The van der Waals surface area contributed by atoms with Gasteiger partial charge in [0.05, 0.1) is 19.6 Å². The first-order valence-corrected chi connectivity index (χ1v) is 5.09. The Hall–Kier alpha value is -0.720. The van der Waals surface area contributed by atoms with Crippen molar-refractivity contribution in [3.05, 3.63) is 21.2 Å². The van der Waals surface area contributed by atoms with Gasteiger partial charge >= 0.3 is 0 Å². The third-order valence-electron chi connectivity index (χ3n) is 2.06. The van der Waals surface area contributed by atoms with E-state index in [9.17, 15) is 0 Å². The highest BCUT2D eigenvalue weighted by molar-refractivity contribution is 14.1. The van der Waals surface area contributed by atoms with E-state index in [1.165, 1.54) is 3.58 Å². The van der Waals surface area contributed by atoms with E-state index in [1.54, 1.807) is 6.34 Å². The molecule has 2 aliphatic heterocycles. The Balaban J connectivity index is 2.43. The highest BCUT2D eigenvalue weighted by atomic mass is 127. The zero-order chi connectivity index (χ0) is 9.42. The molecule has 2 aliphatic rings. The van der Waals surface area contributed by atoms with Crippen molar-refractivity contribution >= 4 is 28.9 Å². The molecule has 0 aromatic rings. The average molecular weight is 290 g/mol. The summed E-state index contributed by atoms with van der Waals surface area (Å²) in [5, 5.41) is 0. The van der Waals surface area contributed by atoms with Gasteiger partial charge in [-0.25, -0.2) is 4.99 Å². The second-order valence-electron chi connectivity index (χ2n) is 3.23. The molecule has 0 fully saturated rings. The highest BCUT2D eigenvalue weighted by Crippen LogP contribution is 2.25. The topological polar surface area (TPSA) is 44.9 Å². The van der Waals surface area contributed by atoms with E-state index in [-0.39, 0.29) is 0 Å². The van der Waals surface area contributed by atoms with Gasteiger partial charge in [-0.15, -0.1) is 0 Å². The van der Waals surface area contributed by atoms with Crippen LogP contribution in [0.3, 0.4) is 0 Å². The maximum absolute atomic E-state index is 5.78. The molecule has 0 aliphatic carbocycles. The lowest BCUT2D eigenvalue weighted by atomic mass is 10.2. The van der Waals surface area contributed by atoms with E-state index in [2.05, 4.69) is 43.6 Å². The molecule has 0 aromatic carbocycles. The Morgan fingerprint density at radius 3 is 3.15 bits per heavy atom. The molecule has 70 valence electrons. The minimum absolute atomic E-state index is 0.646. The number of nitrogens with two attached hydrogens (primary N) is 1. The lowest BCUT2D eigenvalue weighted by Crippen LogP contribution is -2.34. The molecule has 0 atom stereocenters. The third kappa shape index (κ3) is 1.65. The monoisotopic (exact) mass is 290 g/mol. The third-order valence-corrected chi connectivity index (χ3v) is 2.99. The summed E-state index contributed by atoms with van der Waals surface area (Å²) in [5.74, 6) is 0.646. The van der Waals surface area contributed by atoms with Crippen molar-refractivity contribution in [1.29, 1.82) is 0 Å². The molecule has 2 heterocycles. The molecule has 0 radical (unpaired) electrons. The number of hydrogen-bond acceptors (Lipinski definition) is 4. The second-order valence-corrected chi connectivity index (χ2v) is 4.39. The lowest BCUT2D eigenvalue weighted by molar-refractivity contribution is 0.307. The van der Waals surface area contributed by atoms with Crippen LogP contribution in [0.2, 0.25) is 0 Å². The number of aliphatic imine (C=N–C) groups is 1. The molecule has 0 spiro atoms. The number of rotatable bonds is 0. The molecular weight excluding hydrogens is 279 g/mol. The molecule has 2 N–H and O–H groups in total. The zero-order valence-corrected chi connectivity index (χ0v) is 9.52. The van der Waals surface area contributed by atoms with Crippen LogP contribution in [0.25, 0.3) is 0 Å². The summed E-state index contributed by atoms with van der Waals surface area (Å²) in [5.41, 5.74) is 6.91. The van der Waals surface area contributed by atoms with Gasteiger partial charge in [0.25, 0.3) is 0 Å². The van der Waals surface area contributed by atoms with Gasteiger partial charge in [0.2, 0.25) is 0 Å². The molecular formula is C8H11IN4. The number of halogens is 1. The number of nitrogens with zero attached hydrogens (tertiary/aromatic N) is 3. The quantitative estimate of drug-likeness (QED) is 0.667. The average Bonchev–Trinajstić information content (AvgIpc) is 2.18. The zero-order valence-electron chi connectivity index (χ0n) is 7.37. The summed E-state index contributed by atoms with van der Waals surface area (Å²) >= 11 is 2.30. The first-order chi connectivity index (χ1) is 6.16. The summed E-state index contributed by atoms with van der Waals surface area (Å²) in [6.45, 7) is 1.74. The first kappa shape index (κ1) is 8.86. The smallest absolute Gasteiger partial charge is 0.131 e. The van der Waals surface area contributed by atoms with Crippen LogP contribution in [-0.2, 0) is 0 Å². The van der Waals surface area contributed by atoms with Crippen molar-refractivity contribution in [2.75, 3.05) is 20.3 Å². The van der Waals surface area contributed by atoms with E-state index in [1.807, 2.05) is 7.05 Å². The van der Waals surface area contributed by atoms with Crippen LogP contribution >= 0.6 is 22.6 Å². The van der Waals surface area contributed by atoms with Gasteiger partial charge < -0.3 is 15.5 Å². The van der Waals surface area contributed by atoms with Gasteiger partial charge in [-0.3, -0.25) is 0 Å². The van der Waals surface area contributed by atoms with Crippen molar-refractivity contribution in [3.63, 3.8) is 0 Å². The predicted octanol–water partition coefficient (Wildman–Crippen LogP) is 0.680. The van der Waals surface area contributed by atoms with Crippen LogP contribution in [0.4, 0.5) is 0 Å². The predicted molar refractivity (Wildman–Crippen MR) is 61.1 cm³/mol. The number of hydrogen-bond donors (Lipinski definition) is 1. The molecule has 13 heavy (non-hydrogen) atoms. The van der Waals surface area contributed by atoms with E-state index >= 15 is 0 Å². The van der Waals surface area contributed by atoms with Crippen molar-refractivity contribution in [2.24, 2.45) is 10.7 Å². The molecule has 4 nitrogen and oxygen atoms in total. The summed E-state index contributed by atoms with van der Waals surface area (Å²) in [6, 6.07) is 0.